The minimum atomic E-state index is -0.502. The number of hydrogen-bond donors (Lipinski definition) is 2. The van der Waals surface area contributed by atoms with E-state index >= 15 is 0 Å². The third-order valence-corrected chi connectivity index (χ3v) is 2.67. The zero-order valence-corrected chi connectivity index (χ0v) is 10.1. The fourth-order valence-electron chi connectivity index (χ4n) is 1.68. The van der Waals surface area contributed by atoms with Gasteiger partial charge in [0.1, 0.15) is 12.0 Å². The van der Waals surface area contributed by atoms with Gasteiger partial charge in [-0.05, 0) is 11.6 Å². The molecular formula is C13H13N3O3. The molecule has 0 unspecified atom stereocenters. The largest absolute Gasteiger partial charge is 0.394 e. The SMILES string of the molecule is O=[N+]([O-])c1ccc(N[C@H](CO)c2ccccc2)nc1. The van der Waals surface area contributed by atoms with Crippen LogP contribution in [0.2, 0.25) is 0 Å². The van der Waals surface area contributed by atoms with Gasteiger partial charge in [0.2, 0.25) is 0 Å². The van der Waals surface area contributed by atoms with Crippen LogP contribution in [-0.4, -0.2) is 21.6 Å². The van der Waals surface area contributed by atoms with E-state index in [9.17, 15) is 15.2 Å². The fourth-order valence-corrected chi connectivity index (χ4v) is 1.68. The van der Waals surface area contributed by atoms with Gasteiger partial charge in [0.25, 0.3) is 5.69 Å². The zero-order valence-electron chi connectivity index (χ0n) is 10.1. The van der Waals surface area contributed by atoms with Crippen molar-refractivity contribution in [1.82, 2.24) is 4.98 Å². The number of pyridine rings is 1. The van der Waals surface area contributed by atoms with E-state index in [1.807, 2.05) is 30.3 Å². The second-order valence-corrected chi connectivity index (χ2v) is 3.95. The van der Waals surface area contributed by atoms with Crippen molar-refractivity contribution < 1.29 is 10.0 Å². The topological polar surface area (TPSA) is 88.3 Å². The van der Waals surface area contributed by atoms with Crippen molar-refractivity contribution >= 4 is 11.5 Å². The maximum absolute atomic E-state index is 10.5. The van der Waals surface area contributed by atoms with E-state index in [4.69, 9.17) is 0 Å². The summed E-state index contributed by atoms with van der Waals surface area (Å²) in [5.41, 5.74) is 0.857. The van der Waals surface area contributed by atoms with Crippen LogP contribution in [0.15, 0.2) is 48.7 Å². The molecule has 1 aromatic carbocycles. The van der Waals surface area contributed by atoms with Crippen LogP contribution in [0, 0.1) is 10.1 Å². The number of aromatic nitrogens is 1. The lowest BCUT2D eigenvalue weighted by Crippen LogP contribution is -2.15. The van der Waals surface area contributed by atoms with Crippen molar-refractivity contribution in [3.8, 4) is 0 Å². The smallest absolute Gasteiger partial charge is 0.287 e. The van der Waals surface area contributed by atoms with E-state index in [0.717, 1.165) is 5.56 Å². The number of nitro groups is 1. The number of hydrogen-bond acceptors (Lipinski definition) is 5. The molecule has 2 rings (SSSR count). The van der Waals surface area contributed by atoms with Gasteiger partial charge >= 0.3 is 0 Å². The molecule has 0 aliphatic heterocycles. The van der Waals surface area contributed by atoms with E-state index in [-0.39, 0.29) is 18.3 Å². The number of rotatable bonds is 5. The molecule has 1 atom stereocenters. The van der Waals surface area contributed by atoms with Crippen molar-refractivity contribution in [2.24, 2.45) is 0 Å². The Morgan fingerprint density at radius 2 is 2.00 bits per heavy atom. The van der Waals surface area contributed by atoms with Crippen LogP contribution >= 0.6 is 0 Å². The molecule has 0 radical (unpaired) electrons. The predicted octanol–water partition coefficient (Wildman–Crippen LogP) is 2.14. The summed E-state index contributed by atoms with van der Waals surface area (Å²) in [6.45, 7) is -0.0946. The Morgan fingerprint density at radius 3 is 2.53 bits per heavy atom. The van der Waals surface area contributed by atoms with Gasteiger partial charge in [-0.25, -0.2) is 4.98 Å². The molecule has 0 spiro atoms. The molecule has 6 heteroatoms. The highest BCUT2D eigenvalue weighted by atomic mass is 16.6. The normalized spacial score (nSPS) is 11.8. The quantitative estimate of drug-likeness (QED) is 0.634. The van der Waals surface area contributed by atoms with Crippen molar-refractivity contribution in [1.29, 1.82) is 0 Å². The molecule has 0 saturated heterocycles. The van der Waals surface area contributed by atoms with E-state index in [0.29, 0.717) is 5.82 Å². The first kappa shape index (κ1) is 13.0. The Morgan fingerprint density at radius 1 is 1.26 bits per heavy atom. The lowest BCUT2D eigenvalue weighted by atomic mass is 10.1. The molecule has 0 saturated carbocycles. The maximum atomic E-state index is 10.5. The summed E-state index contributed by atoms with van der Waals surface area (Å²) < 4.78 is 0. The lowest BCUT2D eigenvalue weighted by molar-refractivity contribution is -0.385. The van der Waals surface area contributed by atoms with Gasteiger partial charge in [0.05, 0.1) is 17.6 Å². The third kappa shape index (κ3) is 3.26. The van der Waals surface area contributed by atoms with Crippen LogP contribution in [0.3, 0.4) is 0 Å². The second kappa shape index (κ2) is 5.92. The Bertz CT molecular complexity index is 543. The molecule has 1 aromatic heterocycles. The molecule has 19 heavy (non-hydrogen) atoms. The molecule has 0 amide bonds. The summed E-state index contributed by atoms with van der Waals surface area (Å²) in [5.74, 6) is 0.480. The Labute approximate surface area is 109 Å². The molecule has 2 N–H and O–H groups in total. The highest BCUT2D eigenvalue weighted by molar-refractivity contribution is 5.42. The summed E-state index contributed by atoms with van der Waals surface area (Å²) >= 11 is 0. The monoisotopic (exact) mass is 259 g/mol. The molecular weight excluding hydrogens is 246 g/mol. The lowest BCUT2D eigenvalue weighted by Gasteiger charge is -2.17. The van der Waals surface area contributed by atoms with Crippen molar-refractivity contribution in [2.45, 2.75) is 6.04 Å². The molecule has 0 aliphatic rings. The Hall–Kier alpha value is -2.47. The Balaban J connectivity index is 2.12. The highest BCUT2D eigenvalue weighted by Gasteiger charge is 2.11. The van der Waals surface area contributed by atoms with Gasteiger partial charge < -0.3 is 10.4 Å². The summed E-state index contributed by atoms with van der Waals surface area (Å²) in [6.07, 6.45) is 1.18. The van der Waals surface area contributed by atoms with Crippen LogP contribution in [0.5, 0.6) is 0 Å². The average molecular weight is 259 g/mol. The molecule has 2 aromatic rings. The number of nitrogens with one attached hydrogen (secondary N) is 1. The number of aliphatic hydroxyl groups excluding tert-OH is 1. The van der Waals surface area contributed by atoms with Crippen LogP contribution < -0.4 is 5.32 Å². The number of aliphatic hydroxyl groups is 1. The first-order chi connectivity index (χ1) is 9.20. The van der Waals surface area contributed by atoms with Crippen LogP contribution in [0.25, 0.3) is 0 Å². The summed E-state index contributed by atoms with van der Waals surface area (Å²) in [7, 11) is 0. The van der Waals surface area contributed by atoms with Gasteiger partial charge in [0.15, 0.2) is 0 Å². The third-order valence-electron chi connectivity index (χ3n) is 2.67. The van der Waals surface area contributed by atoms with Crippen LogP contribution in [0.4, 0.5) is 11.5 Å². The molecule has 0 aliphatic carbocycles. The summed E-state index contributed by atoms with van der Waals surface area (Å²) in [4.78, 5) is 14.0. The number of nitrogens with zero attached hydrogens (tertiary/aromatic N) is 2. The van der Waals surface area contributed by atoms with Crippen LogP contribution in [0.1, 0.15) is 11.6 Å². The minimum Gasteiger partial charge on any atom is -0.394 e. The zero-order chi connectivity index (χ0) is 13.7. The van der Waals surface area contributed by atoms with E-state index < -0.39 is 4.92 Å². The molecule has 0 fully saturated rings. The fraction of sp³-hybridized carbons (Fsp3) is 0.154. The highest BCUT2D eigenvalue weighted by Crippen LogP contribution is 2.19. The minimum absolute atomic E-state index is 0.0641. The summed E-state index contributed by atoms with van der Waals surface area (Å²) in [6, 6.07) is 12.0. The van der Waals surface area contributed by atoms with Crippen molar-refractivity contribution in [2.75, 3.05) is 11.9 Å². The van der Waals surface area contributed by atoms with Crippen LogP contribution in [-0.2, 0) is 0 Å². The van der Waals surface area contributed by atoms with E-state index in [2.05, 4.69) is 10.3 Å². The van der Waals surface area contributed by atoms with E-state index in [1.165, 1.54) is 18.3 Å². The molecule has 98 valence electrons. The maximum Gasteiger partial charge on any atom is 0.287 e. The van der Waals surface area contributed by atoms with Gasteiger partial charge in [-0.1, -0.05) is 30.3 Å². The van der Waals surface area contributed by atoms with Crippen molar-refractivity contribution in [3.63, 3.8) is 0 Å². The Kier molecular flexibility index (Phi) is 4.04. The van der Waals surface area contributed by atoms with Crippen molar-refractivity contribution in [3.05, 3.63) is 64.3 Å². The molecule has 1 heterocycles. The van der Waals surface area contributed by atoms with E-state index in [1.54, 1.807) is 0 Å². The summed E-state index contributed by atoms with van der Waals surface area (Å²) in [5, 5.41) is 22.9. The number of benzene rings is 1. The molecule has 0 bridgehead atoms. The average Bonchev–Trinajstić information content (AvgIpc) is 2.46. The first-order valence-corrected chi connectivity index (χ1v) is 5.73. The standard InChI is InChI=1S/C13H13N3O3/c17-9-12(10-4-2-1-3-5-10)15-13-7-6-11(8-14-13)16(18)19/h1-8,12,17H,9H2,(H,14,15)/t12-/m1/s1. The van der Waals surface area contributed by atoms with Gasteiger partial charge in [-0.2, -0.15) is 0 Å². The first-order valence-electron chi connectivity index (χ1n) is 5.73. The number of anilines is 1. The van der Waals surface area contributed by atoms with Gasteiger partial charge in [0, 0.05) is 6.07 Å². The van der Waals surface area contributed by atoms with Gasteiger partial charge in [-0.3, -0.25) is 10.1 Å². The second-order valence-electron chi connectivity index (χ2n) is 3.95. The van der Waals surface area contributed by atoms with Gasteiger partial charge in [-0.15, -0.1) is 0 Å². The predicted molar refractivity (Wildman–Crippen MR) is 70.8 cm³/mol. The molecule has 6 nitrogen and oxygen atoms in total.